The largest absolute Gasteiger partial charge is 0.360 e. The van der Waals surface area contributed by atoms with Crippen molar-refractivity contribution in [1.82, 2.24) is 10.1 Å². The summed E-state index contributed by atoms with van der Waals surface area (Å²) < 4.78 is 4.91. The van der Waals surface area contributed by atoms with Gasteiger partial charge in [0, 0.05) is 25.2 Å². The molecule has 6 nitrogen and oxygen atoms in total. The summed E-state index contributed by atoms with van der Waals surface area (Å²) in [6, 6.07) is 1.97. The first-order chi connectivity index (χ1) is 9.08. The fourth-order valence-corrected chi connectivity index (χ4v) is 2.51. The zero-order valence-corrected chi connectivity index (χ0v) is 11.6. The molecule has 1 aromatic heterocycles. The summed E-state index contributed by atoms with van der Waals surface area (Å²) in [5.74, 6) is 1.59. The molecule has 2 heterocycles. The molecule has 6 heteroatoms. The Balaban J connectivity index is 1.82. The molecule has 1 aliphatic heterocycles. The van der Waals surface area contributed by atoms with Crippen LogP contribution in [0.5, 0.6) is 0 Å². The molecule has 0 bridgehead atoms. The van der Waals surface area contributed by atoms with E-state index in [1.165, 1.54) is 0 Å². The summed E-state index contributed by atoms with van der Waals surface area (Å²) in [5, 5.41) is 6.48. The SMILES string of the molecule is CCC1CN(CC(=O)Nc2cc(C)on2)CCC1N. The van der Waals surface area contributed by atoms with Crippen molar-refractivity contribution in [2.24, 2.45) is 11.7 Å². The zero-order valence-electron chi connectivity index (χ0n) is 11.6. The number of hydrogen-bond donors (Lipinski definition) is 2. The maximum absolute atomic E-state index is 11.9. The van der Waals surface area contributed by atoms with Gasteiger partial charge in [-0.1, -0.05) is 18.5 Å². The smallest absolute Gasteiger partial charge is 0.239 e. The van der Waals surface area contributed by atoms with E-state index >= 15 is 0 Å². The number of carbonyl (C=O) groups excluding carboxylic acids is 1. The van der Waals surface area contributed by atoms with Gasteiger partial charge >= 0.3 is 0 Å². The predicted octanol–water partition coefficient (Wildman–Crippen LogP) is 0.981. The third-order valence-corrected chi connectivity index (χ3v) is 3.66. The van der Waals surface area contributed by atoms with Crippen LogP contribution in [-0.2, 0) is 4.79 Å². The lowest BCUT2D eigenvalue weighted by molar-refractivity contribution is -0.117. The molecule has 0 aromatic carbocycles. The normalized spacial score (nSPS) is 24.4. The lowest BCUT2D eigenvalue weighted by Gasteiger charge is -2.35. The second-order valence-electron chi connectivity index (χ2n) is 5.23. The summed E-state index contributed by atoms with van der Waals surface area (Å²) in [6.45, 7) is 6.09. The van der Waals surface area contributed by atoms with Gasteiger partial charge in [-0.2, -0.15) is 0 Å². The Morgan fingerprint density at radius 3 is 3.11 bits per heavy atom. The predicted molar refractivity (Wildman–Crippen MR) is 72.7 cm³/mol. The summed E-state index contributed by atoms with van der Waals surface area (Å²) in [6.07, 6.45) is 2.01. The van der Waals surface area contributed by atoms with E-state index in [0.29, 0.717) is 24.0 Å². The highest BCUT2D eigenvalue weighted by Crippen LogP contribution is 2.18. The summed E-state index contributed by atoms with van der Waals surface area (Å²) in [5.41, 5.74) is 6.06. The number of hydrogen-bond acceptors (Lipinski definition) is 5. The van der Waals surface area contributed by atoms with Crippen LogP contribution in [0.1, 0.15) is 25.5 Å². The molecule has 0 radical (unpaired) electrons. The van der Waals surface area contributed by atoms with Gasteiger partial charge in [0.15, 0.2) is 5.82 Å². The summed E-state index contributed by atoms with van der Waals surface area (Å²) in [7, 11) is 0. The van der Waals surface area contributed by atoms with Crippen molar-refractivity contribution in [2.75, 3.05) is 25.0 Å². The summed E-state index contributed by atoms with van der Waals surface area (Å²) in [4.78, 5) is 14.1. The van der Waals surface area contributed by atoms with Crippen LogP contribution in [-0.4, -0.2) is 41.6 Å². The van der Waals surface area contributed by atoms with Gasteiger partial charge in [-0.15, -0.1) is 0 Å². The van der Waals surface area contributed by atoms with E-state index in [4.69, 9.17) is 10.3 Å². The van der Waals surface area contributed by atoms with E-state index in [2.05, 4.69) is 22.3 Å². The molecule has 19 heavy (non-hydrogen) atoms. The third-order valence-electron chi connectivity index (χ3n) is 3.66. The van der Waals surface area contributed by atoms with Gasteiger partial charge in [-0.05, 0) is 19.3 Å². The van der Waals surface area contributed by atoms with Gasteiger partial charge in [0.25, 0.3) is 0 Å². The van der Waals surface area contributed by atoms with Crippen LogP contribution in [0.4, 0.5) is 5.82 Å². The van der Waals surface area contributed by atoms with Gasteiger partial charge in [0.05, 0.1) is 6.54 Å². The van der Waals surface area contributed by atoms with Crippen molar-refractivity contribution in [3.05, 3.63) is 11.8 Å². The number of likely N-dealkylation sites (tertiary alicyclic amines) is 1. The molecular formula is C13H22N4O2. The van der Waals surface area contributed by atoms with Crippen molar-refractivity contribution < 1.29 is 9.32 Å². The molecule has 0 saturated carbocycles. The lowest BCUT2D eigenvalue weighted by atomic mass is 9.91. The number of nitrogens with one attached hydrogen (secondary N) is 1. The average molecular weight is 266 g/mol. The van der Waals surface area contributed by atoms with Crippen LogP contribution in [0.15, 0.2) is 10.6 Å². The molecular weight excluding hydrogens is 244 g/mol. The Hall–Kier alpha value is -1.40. The van der Waals surface area contributed by atoms with Crippen LogP contribution in [0, 0.1) is 12.8 Å². The standard InChI is InChI=1S/C13H22N4O2/c1-3-10-7-17(5-4-11(10)14)8-13(18)15-12-6-9(2)19-16-12/h6,10-11H,3-5,7-8,14H2,1-2H3,(H,15,16,18). The van der Waals surface area contributed by atoms with Gasteiger partial charge in [0.1, 0.15) is 5.76 Å². The van der Waals surface area contributed by atoms with Crippen molar-refractivity contribution in [3.63, 3.8) is 0 Å². The number of aryl methyl sites for hydroxylation is 1. The lowest BCUT2D eigenvalue weighted by Crippen LogP contribution is -2.48. The first-order valence-electron chi connectivity index (χ1n) is 6.79. The average Bonchev–Trinajstić information content (AvgIpc) is 2.77. The number of carbonyl (C=O) groups is 1. The van der Waals surface area contributed by atoms with Gasteiger partial charge < -0.3 is 15.6 Å². The Morgan fingerprint density at radius 2 is 2.47 bits per heavy atom. The second-order valence-corrected chi connectivity index (χ2v) is 5.23. The van der Waals surface area contributed by atoms with E-state index in [9.17, 15) is 4.79 Å². The number of anilines is 1. The minimum atomic E-state index is -0.0568. The van der Waals surface area contributed by atoms with Crippen molar-refractivity contribution in [3.8, 4) is 0 Å². The molecule has 1 saturated heterocycles. The fraction of sp³-hybridized carbons (Fsp3) is 0.692. The Kier molecular flexibility index (Phi) is 4.55. The number of nitrogens with two attached hydrogens (primary N) is 1. The van der Waals surface area contributed by atoms with Crippen LogP contribution < -0.4 is 11.1 Å². The monoisotopic (exact) mass is 266 g/mol. The molecule has 1 aromatic rings. The van der Waals surface area contributed by atoms with E-state index in [1.54, 1.807) is 13.0 Å². The molecule has 1 aliphatic rings. The first kappa shape index (κ1) is 14.0. The molecule has 0 aliphatic carbocycles. The topological polar surface area (TPSA) is 84.4 Å². The molecule has 2 unspecified atom stereocenters. The highest BCUT2D eigenvalue weighted by molar-refractivity contribution is 5.91. The van der Waals surface area contributed by atoms with Gasteiger partial charge in [0.2, 0.25) is 5.91 Å². The highest BCUT2D eigenvalue weighted by atomic mass is 16.5. The Morgan fingerprint density at radius 1 is 1.68 bits per heavy atom. The third kappa shape index (κ3) is 3.78. The van der Waals surface area contributed by atoms with Crippen molar-refractivity contribution >= 4 is 11.7 Å². The van der Waals surface area contributed by atoms with Gasteiger partial charge in [-0.3, -0.25) is 9.69 Å². The number of nitrogens with zero attached hydrogens (tertiary/aromatic N) is 2. The minimum Gasteiger partial charge on any atom is -0.360 e. The highest BCUT2D eigenvalue weighted by Gasteiger charge is 2.26. The molecule has 3 N–H and O–H groups in total. The number of piperidine rings is 1. The minimum absolute atomic E-state index is 0.0568. The number of aromatic nitrogens is 1. The van der Waals surface area contributed by atoms with Crippen LogP contribution in [0.2, 0.25) is 0 Å². The van der Waals surface area contributed by atoms with E-state index in [1.807, 2.05) is 0 Å². The maximum Gasteiger partial charge on any atom is 0.239 e. The van der Waals surface area contributed by atoms with E-state index in [0.717, 1.165) is 25.9 Å². The molecule has 1 amide bonds. The van der Waals surface area contributed by atoms with Crippen LogP contribution >= 0.6 is 0 Å². The van der Waals surface area contributed by atoms with E-state index < -0.39 is 0 Å². The quantitative estimate of drug-likeness (QED) is 0.848. The van der Waals surface area contributed by atoms with Crippen molar-refractivity contribution in [1.29, 1.82) is 0 Å². The first-order valence-corrected chi connectivity index (χ1v) is 6.79. The maximum atomic E-state index is 11.9. The van der Waals surface area contributed by atoms with Gasteiger partial charge in [-0.25, -0.2) is 0 Å². The molecule has 0 spiro atoms. The molecule has 1 fully saturated rings. The van der Waals surface area contributed by atoms with E-state index in [-0.39, 0.29) is 11.9 Å². The summed E-state index contributed by atoms with van der Waals surface area (Å²) >= 11 is 0. The van der Waals surface area contributed by atoms with Crippen molar-refractivity contribution in [2.45, 2.75) is 32.7 Å². The van der Waals surface area contributed by atoms with Crippen LogP contribution in [0.25, 0.3) is 0 Å². The van der Waals surface area contributed by atoms with Crippen LogP contribution in [0.3, 0.4) is 0 Å². The Bertz CT molecular complexity index is 432. The molecule has 106 valence electrons. The fourth-order valence-electron chi connectivity index (χ4n) is 2.51. The zero-order chi connectivity index (χ0) is 13.8. The second kappa shape index (κ2) is 6.16. The number of rotatable bonds is 4. The number of amides is 1. The Labute approximate surface area is 113 Å². The molecule has 2 atom stereocenters. The molecule has 2 rings (SSSR count).